The summed E-state index contributed by atoms with van der Waals surface area (Å²) < 4.78 is 0. The highest BCUT2D eigenvalue weighted by molar-refractivity contribution is 8.14. The number of carboxylic acid groups (broad SMARTS) is 1. The van der Waals surface area contributed by atoms with Gasteiger partial charge < -0.3 is 15.4 Å². The van der Waals surface area contributed by atoms with Gasteiger partial charge in [0.15, 0.2) is 16.6 Å². The molecule has 2 rings (SSSR count). The molecular weight excluding hydrogens is 230 g/mol. The van der Waals surface area contributed by atoms with Crippen molar-refractivity contribution < 1.29 is 9.90 Å². The normalized spacial score (nSPS) is 19.2. The van der Waals surface area contributed by atoms with Gasteiger partial charge in [-0.2, -0.15) is 0 Å². The second-order valence-corrected chi connectivity index (χ2v) is 4.17. The number of anilines is 1. The number of pyridine rings is 1. The number of carboxylic acids is 1. The highest BCUT2D eigenvalue weighted by Crippen LogP contribution is 2.18. The van der Waals surface area contributed by atoms with Crippen LogP contribution >= 0.6 is 11.8 Å². The van der Waals surface area contributed by atoms with Crippen LogP contribution in [0.4, 0.5) is 5.82 Å². The average molecular weight is 239 g/mol. The van der Waals surface area contributed by atoms with E-state index in [2.05, 4.69) is 15.3 Å². The van der Waals surface area contributed by atoms with Crippen LogP contribution in [0.15, 0.2) is 28.1 Å². The van der Waals surface area contributed by atoms with Gasteiger partial charge in [-0.25, -0.2) is 9.79 Å². The van der Waals surface area contributed by atoms with Crippen molar-refractivity contribution in [2.24, 2.45) is 4.99 Å². The summed E-state index contributed by atoms with van der Waals surface area (Å²) in [4.78, 5) is 28.5. The van der Waals surface area contributed by atoms with E-state index in [-0.39, 0.29) is 5.43 Å². The van der Waals surface area contributed by atoms with Gasteiger partial charge in [0.25, 0.3) is 0 Å². The molecule has 2 heterocycles. The molecule has 1 unspecified atom stereocenters. The number of carbonyl (C=O) groups is 1. The monoisotopic (exact) mass is 239 g/mol. The van der Waals surface area contributed by atoms with Crippen molar-refractivity contribution in [2.75, 3.05) is 11.1 Å². The zero-order chi connectivity index (χ0) is 11.5. The first-order valence-corrected chi connectivity index (χ1v) is 5.53. The van der Waals surface area contributed by atoms with Crippen molar-refractivity contribution >= 4 is 28.7 Å². The van der Waals surface area contributed by atoms with Crippen molar-refractivity contribution in [1.82, 2.24) is 4.98 Å². The number of nitrogens with one attached hydrogen (secondary N) is 2. The fourth-order valence-corrected chi connectivity index (χ4v) is 2.12. The number of aromatic amines is 1. The van der Waals surface area contributed by atoms with Crippen LogP contribution in [0, 0.1) is 0 Å². The number of H-pyrrole nitrogens is 1. The molecule has 0 aromatic carbocycles. The summed E-state index contributed by atoms with van der Waals surface area (Å²) in [6.07, 6.45) is 1.51. The lowest BCUT2D eigenvalue weighted by molar-refractivity contribution is -0.137. The zero-order valence-electron chi connectivity index (χ0n) is 8.14. The molecule has 0 bridgehead atoms. The van der Waals surface area contributed by atoms with Gasteiger partial charge in [0.2, 0.25) is 0 Å². The molecule has 84 valence electrons. The summed E-state index contributed by atoms with van der Waals surface area (Å²) in [5, 5.41) is 12.1. The zero-order valence-corrected chi connectivity index (χ0v) is 8.95. The molecule has 6 nitrogen and oxygen atoms in total. The number of thioether (sulfide) groups is 1. The van der Waals surface area contributed by atoms with Crippen molar-refractivity contribution in [2.45, 2.75) is 6.04 Å². The maximum absolute atomic E-state index is 11.0. The van der Waals surface area contributed by atoms with E-state index in [1.807, 2.05) is 0 Å². The van der Waals surface area contributed by atoms with Crippen LogP contribution in [0.2, 0.25) is 0 Å². The molecular formula is C9H9N3O3S. The van der Waals surface area contributed by atoms with Crippen LogP contribution in [-0.2, 0) is 4.79 Å². The fraction of sp³-hybridized carbons (Fsp3) is 0.222. The lowest BCUT2D eigenvalue weighted by Gasteiger charge is -2.02. The Kier molecular flexibility index (Phi) is 2.95. The van der Waals surface area contributed by atoms with Gasteiger partial charge in [0, 0.05) is 24.1 Å². The Morgan fingerprint density at radius 2 is 2.50 bits per heavy atom. The molecule has 1 aromatic rings. The molecule has 16 heavy (non-hydrogen) atoms. The highest BCUT2D eigenvalue weighted by atomic mass is 32.2. The summed E-state index contributed by atoms with van der Waals surface area (Å²) in [5.41, 5.74) is -0.125. The van der Waals surface area contributed by atoms with E-state index >= 15 is 0 Å². The minimum absolute atomic E-state index is 0.125. The first-order chi connectivity index (χ1) is 7.65. The number of aromatic nitrogens is 1. The van der Waals surface area contributed by atoms with Crippen LogP contribution in [0.3, 0.4) is 0 Å². The van der Waals surface area contributed by atoms with Crippen LogP contribution in [-0.4, -0.2) is 33.0 Å². The molecule has 0 spiro atoms. The van der Waals surface area contributed by atoms with Crippen LogP contribution in [0.25, 0.3) is 0 Å². The van der Waals surface area contributed by atoms with E-state index < -0.39 is 12.0 Å². The van der Waals surface area contributed by atoms with Crippen molar-refractivity contribution in [1.29, 1.82) is 0 Å². The van der Waals surface area contributed by atoms with E-state index in [9.17, 15) is 9.59 Å². The summed E-state index contributed by atoms with van der Waals surface area (Å²) in [6, 6.07) is 2.08. The van der Waals surface area contributed by atoms with Gasteiger partial charge in [-0.15, -0.1) is 0 Å². The molecule has 1 atom stereocenters. The minimum atomic E-state index is -0.939. The van der Waals surface area contributed by atoms with Crippen LogP contribution < -0.4 is 10.7 Å². The molecule has 0 aliphatic carbocycles. The second kappa shape index (κ2) is 4.40. The van der Waals surface area contributed by atoms with E-state index in [4.69, 9.17) is 5.11 Å². The van der Waals surface area contributed by atoms with E-state index in [0.717, 1.165) is 0 Å². The lowest BCUT2D eigenvalue weighted by Crippen LogP contribution is -2.17. The molecule has 0 fully saturated rings. The largest absolute Gasteiger partial charge is 0.480 e. The minimum Gasteiger partial charge on any atom is -0.480 e. The third kappa shape index (κ3) is 2.43. The first kappa shape index (κ1) is 10.7. The fourth-order valence-electron chi connectivity index (χ4n) is 1.20. The molecule has 0 radical (unpaired) electrons. The molecule has 0 amide bonds. The van der Waals surface area contributed by atoms with Gasteiger partial charge in [-0.1, -0.05) is 11.8 Å². The van der Waals surface area contributed by atoms with Crippen LogP contribution in [0.1, 0.15) is 0 Å². The Morgan fingerprint density at radius 1 is 1.69 bits per heavy atom. The predicted octanol–water partition coefficient (Wildman–Crippen LogP) is 0.343. The van der Waals surface area contributed by atoms with E-state index in [1.165, 1.54) is 30.1 Å². The Balaban J connectivity index is 2.09. The predicted molar refractivity (Wildman–Crippen MR) is 62.0 cm³/mol. The smallest absolute Gasteiger partial charge is 0.329 e. The molecule has 0 saturated carbocycles. The third-order valence-corrected chi connectivity index (χ3v) is 2.91. The number of amidine groups is 1. The molecule has 7 heteroatoms. The lowest BCUT2D eigenvalue weighted by atomic mass is 10.4. The number of aliphatic imine (C=N–C) groups is 1. The summed E-state index contributed by atoms with van der Waals surface area (Å²) in [7, 11) is 0. The second-order valence-electron chi connectivity index (χ2n) is 3.16. The Bertz CT molecular complexity index is 497. The number of nitrogens with zero attached hydrogens (tertiary/aromatic N) is 1. The highest BCUT2D eigenvalue weighted by Gasteiger charge is 2.24. The Hall–Kier alpha value is -1.76. The Labute approximate surface area is 94.8 Å². The number of hydrogen-bond acceptors (Lipinski definition) is 5. The summed E-state index contributed by atoms with van der Waals surface area (Å²) in [5.74, 6) is -0.0231. The SMILES string of the molecule is O=C(O)C1CSC(Nc2cc(=O)cc[nH]2)=N1. The maximum atomic E-state index is 11.0. The van der Waals surface area contributed by atoms with Crippen LogP contribution in [0.5, 0.6) is 0 Å². The van der Waals surface area contributed by atoms with Gasteiger partial charge in [-0.3, -0.25) is 4.79 Å². The molecule has 1 aliphatic heterocycles. The standard InChI is InChI=1S/C9H9N3O3S/c13-5-1-2-10-7(3-5)12-9-11-6(4-16-9)8(14)15/h1-3,6H,4H2,(H,14,15)(H2,10,11,12,13). The van der Waals surface area contributed by atoms with Gasteiger partial charge >= 0.3 is 5.97 Å². The molecule has 1 aromatic heterocycles. The van der Waals surface area contributed by atoms with Gasteiger partial charge in [0.1, 0.15) is 5.82 Å². The average Bonchev–Trinajstić information content (AvgIpc) is 2.66. The first-order valence-electron chi connectivity index (χ1n) is 4.54. The summed E-state index contributed by atoms with van der Waals surface area (Å²) >= 11 is 1.32. The van der Waals surface area contributed by atoms with Crippen molar-refractivity contribution in [3.05, 3.63) is 28.6 Å². The maximum Gasteiger partial charge on any atom is 0.329 e. The molecule has 0 saturated heterocycles. The van der Waals surface area contributed by atoms with Crippen molar-refractivity contribution in [3.8, 4) is 0 Å². The van der Waals surface area contributed by atoms with E-state index in [0.29, 0.717) is 16.7 Å². The van der Waals surface area contributed by atoms with E-state index in [1.54, 1.807) is 0 Å². The Morgan fingerprint density at radius 3 is 3.12 bits per heavy atom. The molecule has 1 aliphatic rings. The number of aliphatic carboxylic acids is 1. The van der Waals surface area contributed by atoms with Gasteiger partial charge in [0.05, 0.1) is 0 Å². The summed E-state index contributed by atoms with van der Waals surface area (Å²) in [6.45, 7) is 0. The number of hydrogen-bond donors (Lipinski definition) is 3. The third-order valence-electron chi connectivity index (χ3n) is 1.95. The quantitative estimate of drug-likeness (QED) is 0.692. The topological polar surface area (TPSA) is 94.5 Å². The van der Waals surface area contributed by atoms with Crippen molar-refractivity contribution in [3.63, 3.8) is 0 Å². The number of rotatable bonds is 2. The molecule has 3 N–H and O–H groups in total. The van der Waals surface area contributed by atoms with Gasteiger partial charge in [-0.05, 0) is 0 Å².